The minimum absolute atomic E-state index is 0.512. The molecule has 1 heterocycles. The van der Waals surface area contributed by atoms with Gasteiger partial charge in [-0.15, -0.1) is 0 Å². The van der Waals surface area contributed by atoms with Crippen LogP contribution in [0.5, 0.6) is 11.5 Å². The molecule has 5 heteroatoms. The van der Waals surface area contributed by atoms with Crippen LogP contribution in [0.25, 0.3) is 0 Å². The first kappa shape index (κ1) is 11.2. The molecule has 0 fully saturated rings. The third kappa shape index (κ3) is 2.46. The van der Waals surface area contributed by atoms with E-state index in [9.17, 15) is 0 Å². The summed E-state index contributed by atoms with van der Waals surface area (Å²) >= 11 is 9.32. The summed E-state index contributed by atoms with van der Waals surface area (Å²) in [4.78, 5) is 3.94. The van der Waals surface area contributed by atoms with Gasteiger partial charge in [0.15, 0.2) is 0 Å². The lowest BCUT2D eigenvalue weighted by molar-refractivity contribution is 0.479. The van der Waals surface area contributed by atoms with Gasteiger partial charge in [0.2, 0.25) is 0 Å². The van der Waals surface area contributed by atoms with Gasteiger partial charge in [0.05, 0.1) is 9.50 Å². The van der Waals surface area contributed by atoms with Crippen LogP contribution in [0.1, 0.15) is 0 Å². The summed E-state index contributed by atoms with van der Waals surface area (Å²) in [5.41, 5.74) is 6.26. The first-order valence-corrected chi connectivity index (χ1v) is 5.66. The molecule has 82 valence electrons. The van der Waals surface area contributed by atoms with E-state index in [1.54, 1.807) is 36.7 Å². The summed E-state index contributed by atoms with van der Waals surface area (Å²) in [5, 5.41) is 0.512. The van der Waals surface area contributed by atoms with Gasteiger partial charge in [0, 0.05) is 30.2 Å². The molecular weight excluding hydrogens is 291 g/mol. The van der Waals surface area contributed by atoms with E-state index in [2.05, 4.69) is 20.9 Å². The third-order valence-corrected chi connectivity index (χ3v) is 2.82. The smallest absolute Gasteiger partial charge is 0.148 e. The molecule has 2 aromatic rings. The van der Waals surface area contributed by atoms with Gasteiger partial charge in [-0.05, 0) is 28.1 Å². The van der Waals surface area contributed by atoms with E-state index in [1.807, 2.05) is 0 Å². The Labute approximate surface area is 106 Å². The van der Waals surface area contributed by atoms with E-state index in [1.165, 1.54) is 0 Å². The van der Waals surface area contributed by atoms with E-state index in [-0.39, 0.29) is 0 Å². The van der Waals surface area contributed by atoms with Gasteiger partial charge in [0.1, 0.15) is 11.5 Å². The van der Waals surface area contributed by atoms with Crippen molar-refractivity contribution in [1.29, 1.82) is 0 Å². The SMILES string of the molecule is Nc1ccc(Cl)c(Oc2ccncc2Br)c1. The van der Waals surface area contributed by atoms with Crippen molar-refractivity contribution in [2.75, 3.05) is 5.73 Å². The average Bonchev–Trinajstić information content (AvgIpc) is 2.27. The summed E-state index contributed by atoms with van der Waals surface area (Å²) in [5.74, 6) is 1.16. The number of nitrogens with two attached hydrogens (primary N) is 1. The van der Waals surface area contributed by atoms with E-state index in [0.717, 1.165) is 4.47 Å². The van der Waals surface area contributed by atoms with Gasteiger partial charge >= 0.3 is 0 Å². The molecule has 0 saturated heterocycles. The Bertz CT molecular complexity index is 519. The minimum Gasteiger partial charge on any atom is -0.454 e. The molecule has 1 aromatic carbocycles. The predicted octanol–water partition coefficient (Wildman–Crippen LogP) is 3.87. The Morgan fingerprint density at radius 3 is 2.81 bits per heavy atom. The second-order valence-corrected chi connectivity index (χ2v) is 4.36. The number of nitrogens with zero attached hydrogens (tertiary/aromatic N) is 1. The van der Waals surface area contributed by atoms with Gasteiger partial charge in [-0.3, -0.25) is 4.98 Å². The zero-order valence-corrected chi connectivity index (χ0v) is 10.5. The van der Waals surface area contributed by atoms with Crippen molar-refractivity contribution in [2.45, 2.75) is 0 Å². The Balaban J connectivity index is 2.34. The Morgan fingerprint density at radius 2 is 2.06 bits per heavy atom. The topological polar surface area (TPSA) is 48.1 Å². The van der Waals surface area contributed by atoms with Crippen LogP contribution in [0, 0.1) is 0 Å². The number of rotatable bonds is 2. The Kier molecular flexibility index (Phi) is 3.31. The first-order valence-electron chi connectivity index (χ1n) is 4.49. The van der Waals surface area contributed by atoms with Crippen molar-refractivity contribution in [3.05, 3.63) is 46.2 Å². The molecule has 0 aliphatic carbocycles. The lowest BCUT2D eigenvalue weighted by atomic mass is 10.3. The van der Waals surface area contributed by atoms with Crippen LogP contribution in [-0.4, -0.2) is 4.98 Å². The Morgan fingerprint density at radius 1 is 1.25 bits per heavy atom. The maximum atomic E-state index is 5.99. The van der Waals surface area contributed by atoms with Gasteiger partial charge in [-0.2, -0.15) is 0 Å². The molecule has 0 atom stereocenters. The van der Waals surface area contributed by atoms with Crippen molar-refractivity contribution in [2.24, 2.45) is 0 Å². The number of pyridine rings is 1. The van der Waals surface area contributed by atoms with Crippen molar-refractivity contribution in [1.82, 2.24) is 4.98 Å². The molecule has 0 aliphatic heterocycles. The summed E-state index contributed by atoms with van der Waals surface area (Å²) < 4.78 is 6.38. The molecule has 16 heavy (non-hydrogen) atoms. The summed E-state index contributed by atoms with van der Waals surface area (Å²) in [6, 6.07) is 6.83. The maximum absolute atomic E-state index is 5.99. The van der Waals surface area contributed by atoms with E-state index in [0.29, 0.717) is 22.2 Å². The number of anilines is 1. The van der Waals surface area contributed by atoms with E-state index < -0.39 is 0 Å². The van der Waals surface area contributed by atoms with Gasteiger partial charge in [-0.1, -0.05) is 11.6 Å². The number of benzene rings is 1. The Hall–Kier alpha value is -1.26. The molecule has 0 aliphatic rings. The highest BCUT2D eigenvalue weighted by atomic mass is 79.9. The molecule has 0 saturated carbocycles. The summed E-state index contributed by atoms with van der Waals surface area (Å²) in [6.07, 6.45) is 3.29. The zero-order chi connectivity index (χ0) is 11.5. The number of hydrogen-bond acceptors (Lipinski definition) is 3. The van der Waals surface area contributed by atoms with Gasteiger partial charge in [0.25, 0.3) is 0 Å². The molecule has 0 radical (unpaired) electrons. The van der Waals surface area contributed by atoms with Gasteiger partial charge in [-0.25, -0.2) is 0 Å². The van der Waals surface area contributed by atoms with Crippen LogP contribution < -0.4 is 10.5 Å². The first-order chi connectivity index (χ1) is 7.66. The number of halogens is 2. The zero-order valence-electron chi connectivity index (χ0n) is 8.15. The molecule has 0 unspecified atom stereocenters. The summed E-state index contributed by atoms with van der Waals surface area (Å²) in [7, 11) is 0. The monoisotopic (exact) mass is 298 g/mol. The molecule has 0 bridgehead atoms. The molecule has 2 N–H and O–H groups in total. The lowest BCUT2D eigenvalue weighted by Gasteiger charge is -2.09. The highest BCUT2D eigenvalue weighted by Crippen LogP contribution is 2.34. The number of nitrogen functional groups attached to an aromatic ring is 1. The van der Waals surface area contributed by atoms with Crippen LogP contribution in [0.3, 0.4) is 0 Å². The van der Waals surface area contributed by atoms with E-state index >= 15 is 0 Å². The quantitative estimate of drug-likeness (QED) is 0.856. The average molecular weight is 300 g/mol. The maximum Gasteiger partial charge on any atom is 0.148 e. The van der Waals surface area contributed by atoms with Crippen LogP contribution in [0.15, 0.2) is 41.1 Å². The fourth-order valence-electron chi connectivity index (χ4n) is 1.16. The predicted molar refractivity (Wildman–Crippen MR) is 67.9 cm³/mol. The largest absolute Gasteiger partial charge is 0.454 e. The fraction of sp³-hybridized carbons (Fsp3) is 0. The lowest BCUT2D eigenvalue weighted by Crippen LogP contribution is -1.90. The minimum atomic E-state index is 0.512. The van der Waals surface area contributed by atoms with Crippen molar-refractivity contribution in [3.8, 4) is 11.5 Å². The normalized spacial score (nSPS) is 10.1. The molecular formula is C11H8BrClN2O. The molecule has 0 spiro atoms. The second-order valence-electron chi connectivity index (χ2n) is 3.10. The van der Waals surface area contributed by atoms with Crippen LogP contribution in [0.4, 0.5) is 5.69 Å². The van der Waals surface area contributed by atoms with Crippen LogP contribution in [-0.2, 0) is 0 Å². The second kappa shape index (κ2) is 4.72. The van der Waals surface area contributed by atoms with E-state index in [4.69, 9.17) is 22.1 Å². The van der Waals surface area contributed by atoms with Crippen LogP contribution in [0.2, 0.25) is 5.02 Å². The van der Waals surface area contributed by atoms with Crippen molar-refractivity contribution in [3.63, 3.8) is 0 Å². The number of ether oxygens (including phenoxy) is 1. The third-order valence-electron chi connectivity index (χ3n) is 1.91. The number of hydrogen-bond donors (Lipinski definition) is 1. The molecule has 3 nitrogen and oxygen atoms in total. The van der Waals surface area contributed by atoms with Crippen molar-refractivity contribution < 1.29 is 4.74 Å². The van der Waals surface area contributed by atoms with Crippen LogP contribution >= 0.6 is 27.5 Å². The van der Waals surface area contributed by atoms with Gasteiger partial charge < -0.3 is 10.5 Å². The highest BCUT2D eigenvalue weighted by Gasteiger charge is 2.06. The summed E-state index contributed by atoms with van der Waals surface area (Å²) in [6.45, 7) is 0. The number of aromatic nitrogens is 1. The molecule has 1 aromatic heterocycles. The standard InChI is InChI=1S/C11H8BrClN2O/c12-8-6-15-4-3-10(8)16-11-5-7(14)1-2-9(11)13/h1-6H,14H2. The fourth-order valence-corrected chi connectivity index (χ4v) is 1.65. The molecule has 2 rings (SSSR count). The highest BCUT2D eigenvalue weighted by molar-refractivity contribution is 9.10. The van der Waals surface area contributed by atoms with Crippen molar-refractivity contribution >= 4 is 33.2 Å². The molecule has 0 amide bonds.